The first-order valence-corrected chi connectivity index (χ1v) is 6.80. The SMILES string of the molecule is O=C1COc2ccc(C(=O)NC3CCCNC3)cc2N1. The minimum absolute atomic E-state index is 0.0201. The summed E-state index contributed by atoms with van der Waals surface area (Å²) in [5.74, 6) is 0.272. The fourth-order valence-corrected chi connectivity index (χ4v) is 2.47. The molecule has 0 bridgehead atoms. The second-order valence-corrected chi connectivity index (χ2v) is 5.06. The lowest BCUT2D eigenvalue weighted by Gasteiger charge is -2.24. The number of carbonyl (C=O) groups is 2. The molecule has 20 heavy (non-hydrogen) atoms. The van der Waals surface area contributed by atoms with Crippen molar-refractivity contribution in [2.45, 2.75) is 18.9 Å². The van der Waals surface area contributed by atoms with E-state index in [1.165, 1.54) is 0 Å². The van der Waals surface area contributed by atoms with E-state index >= 15 is 0 Å². The molecule has 2 amide bonds. The van der Waals surface area contributed by atoms with Gasteiger partial charge in [-0.1, -0.05) is 0 Å². The fourth-order valence-electron chi connectivity index (χ4n) is 2.47. The lowest BCUT2D eigenvalue weighted by atomic mass is 10.1. The summed E-state index contributed by atoms with van der Waals surface area (Å²) in [6.45, 7) is 1.83. The average molecular weight is 275 g/mol. The highest BCUT2D eigenvalue weighted by Gasteiger charge is 2.20. The van der Waals surface area contributed by atoms with Gasteiger partial charge in [-0.3, -0.25) is 9.59 Å². The number of fused-ring (bicyclic) bond motifs is 1. The third-order valence-electron chi connectivity index (χ3n) is 3.51. The maximum absolute atomic E-state index is 12.2. The zero-order valence-corrected chi connectivity index (χ0v) is 11.1. The molecular weight excluding hydrogens is 258 g/mol. The minimum Gasteiger partial charge on any atom is -0.482 e. The van der Waals surface area contributed by atoms with Crippen LogP contribution in [0.15, 0.2) is 18.2 Å². The first kappa shape index (κ1) is 12.9. The van der Waals surface area contributed by atoms with Gasteiger partial charge in [-0.15, -0.1) is 0 Å². The molecule has 3 N–H and O–H groups in total. The molecule has 0 radical (unpaired) electrons. The van der Waals surface area contributed by atoms with E-state index in [9.17, 15) is 9.59 Å². The van der Waals surface area contributed by atoms with Crippen LogP contribution in [0.2, 0.25) is 0 Å². The number of benzene rings is 1. The van der Waals surface area contributed by atoms with E-state index in [0.29, 0.717) is 17.0 Å². The van der Waals surface area contributed by atoms with Gasteiger partial charge in [0.15, 0.2) is 6.61 Å². The molecule has 0 aromatic heterocycles. The molecule has 2 aliphatic rings. The lowest BCUT2D eigenvalue weighted by Crippen LogP contribution is -2.45. The number of amides is 2. The summed E-state index contributed by atoms with van der Waals surface area (Å²) in [6.07, 6.45) is 2.06. The number of ether oxygens (including phenoxy) is 1. The number of nitrogens with one attached hydrogen (secondary N) is 3. The van der Waals surface area contributed by atoms with Crippen molar-refractivity contribution in [3.05, 3.63) is 23.8 Å². The van der Waals surface area contributed by atoms with Crippen LogP contribution in [-0.2, 0) is 4.79 Å². The Labute approximate surface area is 116 Å². The van der Waals surface area contributed by atoms with Crippen molar-refractivity contribution in [2.75, 3.05) is 25.0 Å². The van der Waals surface area contributed by atoms with E-state index in [2.05, 4.69) is 16.0 Å². The third-order valence-corrected chi connectivity index (χ3v) is 3.51. The maximum Gasteiger partial charge on any atom is 0.262 e. The highest BCUT2D eigenvalue weighted by atomic mass is 16.5. The van der Waals surface area contributed by atoms with E-state index in [0.717, 1.165) is 25.9 Å². The summed E-state index contributed by atoms with van der Waals surface area (Å²) < 4.78 is 5.27. The number of hydrogen-bond donors (Lipinski definition) is 3. The summed E-state index contributed by atoms with van der Waals surface area (Å²) in [5.41, 5.74) is 1.08. The topological polar surface area (TPSA) is 79.5 Å². The maximum atomic E-state index is 12.2. The third kappa shape index (κ3) is 2.75. The molecule has 0 spiro atoms. The number of carbonyl (C=O) groups excluding carboxylic acids is 2. The molecule has 1 unspecified atom stereocenters. The molecule has 1 aromatic rings. The summed E-state index contributed by atoms with van der Waals surface area (Å²) in [5, 5.41) is 8.96. The van der Waals surface area contributed by atoms with Crippen molar-refractivity contribution in [2.24, 2.45) is 0 Å². The molecule has 1 saturated heterocycles. The van der Waals surface area contributed by atoms with Crippen molar-refractivity contribution < 1.29 is 14.3 Å². The van der Waals surface area contributed by atoms with Crippen LogP contribution in [0.1, 0.15) is 23.2 Å². The summed E-state index contributed by atoms with van der Waals surface area (Å²) in [6, 6.07) is 5.24. The van der Waals surface area contributed by atoms with E-state index < -0.39 is 0 Å². The zero-order chi connectivity index (χ0) is 13.9. The number of piperidine rings is 1. The van der Waals surface area contributed by atoms with Crippen molar-refractivity contribution in [3.63, 3.8) is 0 Å². The second-order valence-electron chi connectivity index (χ2n) is 5.06. The van der Waals surface area contributed by atoms with E-state index in [4.69, 9.17) is 4.74 Å². The van der Waals surface area contributed by atoms with Crippen molar-refractivity contribution in [1.82, 2.24) is 10.6 Å². The smallest absolute Gasteiger partial charge is 0.262 e. The number of hydrogen-bond acceptors (Lipinski definition) is 4. The van der Waals surface area contributed by atoms with E-state index in [-0.39, 0.29) is 24.5 Å². The molecule has 1 fully saturated rings. The predicted octanol–water partition coefficient (Wildman–Crippen LogP) is 0.499. The van der Waals surface area contributed by atoms with Gasteiger partial charge in [0.25, 0.3) is 11.8 Å². The van der Waals surface area contributed by atoms with Gasteiger partial charge in [-0.05, 0) is 37.6 Å². The molecule has 1 atom stereocenters. The van der Waals surface area contributed by atoms with Crippen LogP contribution in [0, 0.1) is 0 Å². The second kappa shape index (κ2) is 5.50. The first-order valence-electron chi connectivity index (χ1n) is 6.80. The van der Waals surface area contributed by atoms with Crippen LogP contribution in [0.4, 0.5) is 5.69 Å². The molecular formula is C14H17N3O3. The van der Waals surface area contributed by atoms with Gasteiger partial charge in [0.05, 0.1) is 5.69 Å². The Balaban J connectivity index is 1.71. The van der Waals surface area contributed by atoms with Crippen LogP contribution in [0.3, 0.4) is 0 Å². The van der Waals surface area contributed by atoms with Gasteiger partial charge >= 0.3 is 0 Å². The van der Waals surface area contributed by atoms with Gasteiger partial charge < -0.3 is 20.7 Å². The Morgan fingerprint density at radius 1 is 1.40 bits per heavy atom. The predicted molar refractivity (Wildman–Crippen MR) is 73.9 cm³/mol. The Morgan fingerprint density at radius 2 is 2.30 bits per heavy atom. The molecule has 106 valence electrons. The van der Waals surface area contributed by atoms with Gasteiger partial charge in [-0.2, -0.15) is 0 Å². The summed E-state index contributed by atoms with van der Waals surface area (Å²) in [4.78, 5) is 23.5. The largest absolute Gasteiger partial charge is 0.482 e. The Morgan fingerprint density at radius 3 is 3.10 bits per heavy atom. The van der Waals surface area contributed by atoms with Crippen LogP contribution < -0.4 is 20.7 Å². The minimum atomic E-state index is -0.202. The molecule has 6 nitrogen and oxygen atoms in total. The lowest BCUT2D eigenvalue weighted by molar-refractivity contribution is -0.118. The fraction of sp³-hybridized carbons (Fsp3) is 0.429. The summed E-state index contributed by atoms with van der Waals surface area (Å²) in [7, 11) is 0. The zero-order valence-electron chi connectivity index (χ0n) is 11.1. The quantitative estimate of drug-likeness (QED) is 0.734. The van der Waals surface area contributed by atoms with E-state index in [1.807, 2.05) is 0 Å². The van der Waals surface area contributed by atoms with Gasteiger partial charge in [0.2, 0.25) is 0 Å². The highest BCUT2D eigenvalue weighted by Crippen LogP contribution is 2.28. The standard InChI is InChI=1S/C14H17N3O3/c18-13-8-20-12-4-3-9(6-11(12)17-13)14(19)16-10-2-1-5-15-7-10/h3-4,6,10,15H,1-2,5,7-8H2,(H,16,19)(H,17,18). The Hall–Kier alpha value is -2.08. The number of anilines is 1. The van der Waals surface area contributed by atoms with Crippen molar-refractivity contribution >= 4 is 17.5 Å². The van der Waals surface area contributed by atoms with Gasteiger partial charge in [0.1, 0.15) is 5.75 Å². The molecule has 6 heteroatoms. The molecule has 2 aliphatic heterocycles. The van der Waals surface area contributed by atoms with Crippen LogP contribution in [-0.4, -0.2) is 37.6 Å². The Kier molecular flexibility index (Phi) is 3.56. The normalized spacial score (nSPS) is 21.4. The van der Waals surface area contributed by atoms with Crippen LogP contribution in [0.5, 0.6) is 5.75 Å². The average Bonchev–Trinajstić information content (AvgIpc) is 2.47. The molecule has 0 aliphatic carbocycles. The van der Waals surface area contributed by atoms with Crippen molar-refractivity contribution in [3.8, 4) is 5.75 Å². The van der Waals surface area contributed by atoms with Crippen LogP contribution in [0.25, 0.3) is 0 Å². The monoisotopic (exact) mass is 275 g/mol. The highest BCUT2D eigenvalue weighted by molar-refractivity contribution is 5.99. The van der Waals surface area contributed by atoms with Gasteiger partial charge in [-0.25, -0.2) is 0 Å². The number of rotatable bonds is 2. The molecule has 3 rings (SSSR count). The first-order chi connectivity index (χ1) is 9.72. The summed E-state index contributed by atoms with van der Waals surface area (Å²) >= 11 is 0. The van der Waals surface area contributed by atoms with Crippen molar-refractivity contribution in [1.29, 1.82) is 0 Å². The van der Waals surface area contributed by atoms with Crippen LogP contribution >= 0.6 is 0 Å². The van der Waals surface area contributed by atoms with Gasteiger partial charge in [0, 0.05) is 18.2 Å². The molecule has 1 aromatic carbocycles. The Bertz CT molecular complexity index is 538. The molecule has 0 saturated carbocycles. The molecule has 2 heterocycles. The van der Waals surface area contributed by atoms with E-state index in [1.54, 1.807) is 18.2 Å².